The van der Waals surface area contributed by atoms with Gasteiger partial charge in [-0.1, -0.05) is 109 Å². The number of aromatic nitrogens is 2. The quantitative estimate of drug-likeness (QED) is 0.210. The zero-order chi connectivity index (χ0) is 27.9. The molecule has 0 saturated heterocycles. The normalized spacial score (nSPS) is 11.3. The number of hydrogen-bond acceptors (Lipinski definition) is 2. The van der Waals surface area contributed by atoms with E-state index in [1.54, 1.807) is 0 Å². The van der Waals surface area contributed by atoms with Crippen molar-refractivity contribution in [3.8, 4) is 44.5 Å². The summed E-state index contributed by atoms with van der Waals surface area (Å²) >= 11 is 0. The van der Waals surface area contributed by atoms with Crippen LogP contribution in [0.25, 0.3) is 76.8 Å². The monoisotopic (exact) mass is 534 g/mol. The highest BCUT2D eigenvalue weighted by Gasteiger charge is 2.21. The second-order valence-corrected chi connectivity index (χ2v) is 10.6. The summed E-state index contributed by atoms with van der Waals surface area (Å²) in [7, 11) is 0. The third kappa shape index (κ3) is 3.96. The average Bonchev–Trinajstić information content (AvgIpc) is 3.07. The highest BCUT2D eigenvalue weighted by Crippen LogP contribution is 2.48. The van der Waals surface area contributed by atoms with Crippen LogP contribution in [0.4, 0.5) is 0 Å². The molecular formula is C40H26N2. The van der Waals surface area contributed by atoms with Crippen LogP contribution in [0.5, 0.6) is 0 Å². The highest BCUT2D eigenvalue weighted by atomic mass is 14.6. The number of hydrogen-bond donors (Lipinski definition) is 0. The Morgan fingerprint density at radius 3 is 1.17 bits per heavy atom. The standard InChI is InChI=1S/C40H26N2/c1-2-12-28-24-38-37(23-27(28)11-1)39(33-17-5-3-15-31(33)29-13-9-21-41-25-29)35-19-7-8-20-36(35)40(38)34-18-6-4-16-32(34)30-14-10-22-42-26-30/h1-26H. The third-order valence-corrected chi connectivity index (χ3v) is 8.23. The van der Waals surface area contributed by atoms with Gasteiger partial charge in [0, 0.05) is 35.9 Å². The van der Waals surface area contributed by atoms with E-state index in [1.165, 1.54) is 65.7 Å². The van der Waals surface area contributed by atoms with Gasteiger partial charge in [0.15, 0.2) is 0 Å². The maximum Gasteiger partial charge on any atom is 0.0346 e. The lowest BCUT2D eigenvalue weighted by molar-refractivity contribution is 1.33. The predicted molar refractivity (Wildman–Crippen MR) is 176 cm³/mol. The van der Waals surface area contributed by atoms with Crippen molar-refractivity contribution in [3.63, 3.8) is 0 Å². The van der Waals surface area contributed by atoms with Crippen molar-refractivity contribution in [1.29, 1.82) is 0 Å². The molecular weight excluding hydrogens is 508 g/mol. The van der Waals surface area contributed by atoms with Crippen molar-refractivity contribution < 1.29 is 0 Å². The Morgan fingerprint density at radius 1 is 0.333 bits per heavy atom. The second-order valence-electron chi connectivity index (χ2n) is 10.6. The molecule has 0 aliphatic heterocycles. The van der Waals surface area contributed by atoms with Gasteiger partial charge in [-0.2, -0.15) is 0 Å². The summed E-state index contributed by atoms with van der Waals surface area (Å²) in [5, 5.41) is 7.39. The van der Waals surface area contributed by atoms with E-state index in [9.17, 15) is 0 Å². The predicted octanol–water partition coefficient (Wildman–Crippen LogP) is 10.6. The molecule has 0 saturated carbocycles. The van der Waals surface area contributed by atoms with Gasteiger partial charge in [0.1, 0.15) is 0 Å². The molecule has 0 aliphatic carbocycles. The van der Waals surface area contributed by atoms with Gasteiger partial charge < -0.3 is 0 Å². The maximum atomic E-state index is 4.45. The number of fused-ring (bicyclic) bond motifs is 3. The summed E-state index contributed by atoms with van der Waals surface area (Å²) < 4.78 is 0. The first-order valence-corrected chi connectivity index (χ1v) is 14.2. The molecule has 0 unspecified atom stereocenters. The summed E-state index contributed by atoms with van der Waals surface area (Å²) in [4.78, 5) is 8.90. The average molecular weight is 535 g/mol. The van der Waals surface area contributed by atoms with Crippen molar-refractivity contribution in [1.82, 2.24) is 9.97 Å². The van der Waals surface area contributed by atoms with Crippen molar-refractivity contribution in [2.45, 2.75) is 0 Å². The molecule has 6 aromatic carbocycles. The van der Waals surface area contributed by atoms with Crippen LogP contribution in [0.2, 0.25) is 0 Å². The second kappa shape index (κ2) is 10.1. The number of rotatable bonds is 4. The number of nitrogens with zero attached hydrogens (tertiary/aromatic N) is 2. The summed E-state index contributed by atoms with van der Waals surface area (Å²) in [6, 6.07) is 48.0. The van der Waals surface area contributed by atoms with E-state index in [1.807, 2.05) is 36.9 Å². The molecule has 0 spiro atoms. The van der Waals surface area contributed by atoms with E-state index in [0.717, 1.165) is 11.1 Å². The Bertz CT molecular complexity index is 2070. The van der Waals surface area contributed by atoms with E-state index >= 15 is 0 Å². The molecule has 2 nitrogen and oxygen atoms in total. The van der Waals surface area contributed by atoms with Crippen molar-refractivity contribution in [3.05, 3.63) is 158 Å². The fourth-order valence-electron chi connectivity index (χ4n) is 6.39. The molecule has 0 amide bonds. The Hall–Kier alpha value is -5.60. The van der Waals surface area contributed by atoms with Gasteiger partial charge in [0.25, 0.3) is 0 Å². The summed E-state index contributed by atoms with van der Waals surface area (Å²) in [5.41, 5.74) is 9.46. The largest absolute Gasteiger partial charge is 0.264 e. The Kier molecular flexibility index (Phi) is 5.82. The van der Waals surface area contributed by atoms with Gasteiger partial charge in [-0.05, 0) is 90.0 Å². The maximum absolute atomic E-state index is 4.45. The van der Waals surface area contributed by atoms with E-state index in [0.29, 0.717) is 0 Å². The van der Waals surface area contributed by atoms with Crippen LogP contribution in [0.1, 0.15) is 0 Å². The Morgan fingerprint density at radius 2 is 0.738 bits per heavy atom. The molecule has 42 heavy (non-hydrogen) atoms. The lowest BCUT2D eigenvalue weighted by Gasteiger charge is -2.21. The van der Waals surface area contributed by atoms with Crippen LogP contribution in [0.3, 0.4) is 0 Å². The first kappa shape index (κ1) is 24.2. The summed E-state index contributed by atoms with van der Waals surface area (Å²) in [6.45, 7) is 0. The molecule has 0 aliphatic rings. The van der Waals surface area contributed by atoms with Crippen LogP contribution in [0.15, 0.2) is 158 Å². The SMILES string of the molecule is c1cncc(-c2ccccc2-c2c3ccccc3c(-c3ccccc3-c3cccnc3)c3cc4ccccc4cc23)c1. The van der Waals surface area contributed by atoms with Crippen LogP contribution >= 0.6 is 0 Å². The Labute approximate surface area is 244 Å². The van der Waals surface area contributed by atoms with Gasteiger partial charge in [-0.25, -0.2) is 0 Å². The molecule has 2 heterocycles. The van der Waals surface area contributed by atoms with Crippen LogP contribution in [-0.4, -0.2) is 9.97 Å². The van der Waals surface area contributed by atoms with Gasteiger partial charge in [-0.3, -0.25) is 9.97 Å². The first-order valence-electron chi connectivity index (χ1n) is 14.2. The van der Waals surface area contributed by atoms with Crippen molar-refractivity contribution in [2.24, 2.45) is 0 Å². The summed E-state index contributed by atoms with van der Waals surface area (Å²) in [5.74, 6) is 0. The van der Waals surface area contributed by atoms with Gasteiger partial charge in [-0.15, -0.1) is 0 Å². The lowest BCUT2D eigenvalue weighted by atomic mass is 9.82. The lowest BCUT2D eigenvalue weighted by Crippen LogP contribution is -1.94. The molecule has 0 N–H and O–H groups in total. The van der Waals surface area contributed by atoms with E-state index in [-0.39, 0.29) is 0 Å². The smallest absolute Gasteiger partial charge is 0.0346 e. The molecule has 2 aromatic heterocycles. The molecule has 196 valence electrons. The van der Waals surface area contributed by atoms with E-state index < -0.39 is 0 Å². The Balaban J connectivity index is 1.57. The number of benzene rings is 6. The molecule has 0 bridgehead atoms. The minimum atomic E-state index is 1.11. The summed E-state index contributed by atoms with van der Waals surface area (Å²) in [6.07, 6.45) is 7.57. The zero-order valence-corrected chi connectivity index (χ0v) is 22.9. The van der Waals surface area contributed by atoms with E-state index in [4.69, 9.17) is 0 Å². The molecule has 8 aromatic rings. The fraction of sp³-hybridized carbons (Fsp3) is 0. The molecule has 0 radical (unpaired) electrons. The third-order valence-electron chi connectivity index (χ3n) is 8.23. The van der Waals surface area contributed by atoms with E-state index in [2.05, 4.69) is 131 Å². The fourth-order valence-corrected chi connectivity index (χ4v) is 6.39. The molecule has 0 atom stereocenters. The minimum Gasteiger partial charge on any atom is -0.264 e. The van der Waals surface area contributed by atoms with Crippen LogP contribution < -0.4 is 0 Å². The first-order chi connectivity index (χ1) is 20.9. The topological polar surface area (TPSA) is 25.8 Å². The van der Waals surface area contributed by atoms with Crippen molar-refractivity contribution >= 4 is 32.3 Å². The number of pyridine rings is 2. The van der Waals surface area contributed by atoms with Crippen LogP contribution in [0, 0.1) is 0 Å². The minimum absolute atomic E-state index is 1.11. The van der Waals surface area contributed by atoms with Gasteiger partial charge in [0.2, 0.25) is 0 Å². The van der Waals surface area contributed by atoms with Crippen molar-refractivity contribution in [2.75, 3.05) is 0 Å². The molecule has 2 heteroatoms. The molecule has 0 fully saturated rings. The highest BCUT2D eigenvalue weighted by molar-refractivity contribution is 6.25. The van der Waals surface area contributed by atoms with Crippen LogP contribution in [-0.2, 0) is 0 Å². The zero-order valence-electron chi connectivity index (χ0n) is 22.9. The van der Waals surface area contributed by atoms with Gasteiger partial charge >= 0.3 is 0 Å². The van der Waals surface area contributed by atoms with Gasteiger partial charge in [0.05, 0.1) is 0 Å². The molecule has 8 rings (SSSR count).